The number of aromatic nitrogens is 1. The molecule has 0 unspecified atom stereocenters. The molecular formula is C25H19N3O4. The largest absolute Gasteiger partial charge is 0.308 e. The number of imide groups is 1. The maximum absolute atomic E-state index is 12.9. The predicted molar refractivity (Wildman–Crippen MR) is 117 cm³/mol. The van der Waals surface area contributed by atoms with Crippen LogP contribution in [0.4, 0.5) is 5.69 Å². The third-order valence-electron chi connectivity index (χ3n) is 5.81. The number of nitrogens with zero attached hydrogens (tertiary/aromatic N) is 3. The summed E-state index contributed by atoms with van der Waals surface area (Å²) in [6, 6.07) is 15.6. The lowest BCUT2D eigenvalue weighted by molar-refractivity contribution is -0.118. The quantitative estimate of drug-likeness (QED) is 0.587. The van der Waals surface area contributed by atoms with E-state index in [0.717, 1.165) is 28.1 Å². The van der Waals surface area contributed by atoms with E-state index in [1.165, 1.54) is 6.20 Å². The Kier molecular flexibility index (Phi) is 4.86. The van der Waals surface area contributed by atoms with Gasteiger partial charge in [0.05, 0.1) is 23.2 Å². The first kappa shape index (κ1) is 19.8. The number of carbonyl (C=O) groups is 4. The summed E-state index contributed by atoms with van der Waals surface area (Å²) in [5.41, 5.74) is 3.71. The van der Waals surface area contributed by atoms with Crippen molar-refractivity contribution in [3.63, 3.8) is 0 Å². The van der Waals surface area contributed by atoms with E-state index in [2.05, 4.69) is 4.98 Å². The van der Waals surface area contributed by atoms with E-state index in [4.69, 9.17) is 0 Å². The topological polar surface area (TPSA) is 87.7 Å². The maximum Gasteiger partial charge on any atom is 0.261 e. The molecule has 0 radical (unpaired) electrons. The highest BCUT2D eigenvalue weighted by Gasteiger charge is 2.36. The minimum absolute atomic E-state index is 0.0651. The van der Waals surface area contributed by atoms with Crippen LogP contribution in [0.15, 0.2) is 67.0 Å². The molecule has 158 valence electrons. The lowest BCUT2D eigenvalue weighted by atomic mass is 10.0. The molecule has 2 aliphatic heterocycles. The fraction of sp³-hybridized carbons (Fsp3) is 0.160. The summed E-state index contributed by atoms with van der Waals surface area (Å²) in [7, 11) is 0. The van der Waals surface area contributed by atoms with Crippen molar-refractivity contribution in [3.8, 4) is 0 Å². The summed E-state index contributed by atoms with van der Waals surface area (Å²) in [6.07, 6.45) is 3.96. The lowest BCUT2D eigenvalue weighted by Crippen LogP contribution is -2.35. The van der Waals surface area contributed by atoms with Gasteiger partial charge in [-0.2, -0.15) is 0 Å². The van der Waals surface area contributed by atoms with Crippen LogP contribution >= 0.6 is 0 Å². The third-order valence-corrected chi connectivity index (χ3v) is 5.81. The highest BCUT2D eigenvalue weighted by Crippen LogP contribution is 2.31. The number of hydrogen-bond acceptors (Lipinski definition) is 5. The molecule has 0 fully saturated rings. The van der Waals surface area contributed by atoms with Gasteiger partial charge in [-0.1, -0.05) is 24.3 Å². The lowest BCUT2D eigenvalue weighted by Gasteiger charge is -2.18. The van der Waals surface area contributed by atoms with Gasteiger partial charge >= 0.3 is 0 Å². The fourth-order valence-electron chi connectivity index (χ4n) is 4.23. The van der Waals surface area contributed by atoms with Crippen molar-refractivity contribution in [1.29, 1.82) is 0 Å². The second kappa shape index (κ2) is 7.85. The van der Waals surface area contributed by atoms with Crippen LogP contribution in [-0.2, 0) is 17.6 Å². The Morgan fingerprint density at radius 2 is 1.69 bits per heavy atom. The second-order valence-corrected chi connectivity index (χ2v) is 7.87. The molecule has 2 aromatic carbocycles. The van der Waals surface area contributed by atoms with Gasteiger partial charge in [-0.3, -0.25) is 29.1 Å². The smallest absolute Gasteiger partial charge is 0.261 e. The zero-order valence-electron chi connectivity index (χ0n) is 17.2. The van der Waals surface area contributed by atoms with Crippen molar-refractivity contribution in [1.82, 2.24) is 9.88 Å². The molecule has 0 saturated heterocycles. The van der Waals surface area contributed by atoms with Gasteiger partial charge in [0.2, 0.25) is 0 Å². The molecule has 7 nitrogen and oxygen atoms in total. The summed E-state index contributed by atoms with van der Waals surface area (Å²) in [6.45, 7) is 0.289. The molecule has 0 atom stereocenters. The van der Waals surface area contributed by atoms with Gasteiger partial charge in [-0.15, -0.1) is 0 Å². The Bertz CT molecular complexity index is 1230. The number of carbonyl (C=O) groups excluding carboxylic acids is 4. The summed E-state index contributed by atoms with van der Waals surface area (Å²) >= 11 is 0. The maximum atomic E-state index is 12.9. The van der Waals surface area contributed by atoms with E-state index in [-0.39, 0.29) is 24.7 Å². The van der Waals surface area contributed by atoms with E-state index in [1.54, 1.807) is 47.5 Å². The van der Waals surface area contributed by atoms with Gasteiger partial charge in [0.15, 0.2) is 5.78 Å². The Labute approximate surface area is 184 Å². The number of ketones is 1. The molecular weight excluding hydrogens is 406 g/mol. The second-order valence-electron chi connectivity index (χ2n) is 7.87. The van der Waals surface area contributed by atoms with Crippen LogP contribution in [0.3, 0.4) is 0 Å². The Morgan fingerprint density at radius 3 is 2.38 bits per heavy atom. The number of anilines is 1. The van der Waals surface area contributed by atoms with Gasteiger partial charge in [0, 0.05) is 31.0 Å². The van der Waals surface area contributed by atoms with Gasteiger partial charge in [-0.05, 0) is 47.9 Å². The molecule has 3 aromatic rings. The number of fused-ring (bicyclic) bond motifs is 2. The summed E-state index contributed by atoms with van der Waals surface area (Å²) in [4.78, 5) is 57.3. The van der Waals surface area contributed by atoms with Crippen LogP contribution in [0.25, 0.3) is 0 Å². The minimum atomic E-state index is -0.443. The minimum Gasteiger partial charge on any atom is -0.308 e. The van der Waals surface area contributed by atoms with Crippen molar-refractivity contribution >= 4 is 29.2 Å². The Hall–Kier alpha value is -4.13. The van der Waals surface area contributed by atoms with Gasteiger partial charge in [-0.25, -0.2) is 0 Å². The van der Waals surface area contributed by atoms with Crippen molar-refractivity contribution in [3.05, 3.63) is 94.8 Å². The molecule has 3 amide bonds. The Morgan fingerprint density at radius 1 is 0.938 bits per heavy atom. The summed E-state index contributed by atoms with van der Waals surface area (Å²) in [5.74, 6) is -1.27. The van der Waals surface area contributed by atoms with Gasteiger partial charge in [0.25, 0.3) is 17.7 Å². The van der Waals surface area contributed by atoms with Crippen LogP contribution in [0, 0.1) is 0 Å². The van der Waals surface area contributed by atoms with E-state index >= 15 is 0 Å². The normalized spacial score (nSPS) is 14.5. The summed E-state index contributed by atoms with van der Waals surface area (Å²) < 4.78 is 0. The molecule has 5 rings (SSSR count). The molecule has 0 spiro atoms. The number of pyridine rings is 1. The molecule has 0 saturated carbocycles. The monoisotopic (exact) mass is 425 g/mol. The number of rotatable bonds is 5. The average Bonchev–Trinajstić information content (AvgIpc) is 3.34. The first-order chi connectivity index (χ1) is 15.5. The predicted octanol–water partition coefficient (Wildman–Crippen LogP) is 2.69. The van der Waals surface area contributed by atoms with Crippen molar-refractivity contribution < 1.29 is 19.2 Å². The first-order valence-electron chi connectivity index (χ1n) is 10.3. The van der Waals surface area contributed by atoms with Gasteiger partial charge < -0.3 is 4.90 Å². The van der Waals surface area contributed by atoms with Crippen LogP contribution in [-0.4, -0.2) is 46.5 Å². The zero-order chi connectivity index (χ0) is 22.2. The molecule has 0 bridgehead atoms. The van der Waals surface area contributed by atoms with E-state index in [1.807, 2.05) is 18.2 Å². The van der Waals surface area contributed by atoms with E-state index in [0.29, 0.717) is 23.2 Å². The van der Waals surface area contributed by atoms with E-state index < -0.39 is 11.8 Å². The standard InChI is InChI=1S/C25H19N3O4/c29-19(15-28-24(31)20-5-1-2-6-21(20)25(28)32)12-16-7-8-17-9-11-27(22(17)13-16)23(30)18-4-3-10-26-14-18/h1-8,10,13-14H,9,11-12,15H2. The molecule has 32 heavy (non-hydrogen) atoms. The van der Waals surface area contributed by atoms with Crippen molar-refractivity contribution in [2.24, 2.45) is 0 Å². The average molecular weight is 425 g/mol. The van der Waals surface area contributed by atoms with Gasteiger partial charge in [0.1, 0.15) is 0 Å². The van der Waals surface area contributed by atoms with Crippen LogP contribution in [0.5, 0.6) is 0 Å². The van der Waals surface area contributed by atoms with Crippen molar-refractivity contribution in [2.75, 3.05) is 18.0 Å². The molecule has 3 heterocycles. The molecule has 1 aromatic heterocycles. The Balaban J connectivity index is 1.31. The summed E-state index contributed by atoms with van der Waals surface area (Å²) in [5, 5.41) is 0. The van der Waals surface area contributed by atoms with Crippen molar-refractivity contribution in [2.45, 2.75) is 12.8 Å². The number of Topliss-reactive ketones (excluding diaryl/α,β-unsaturated/α-hetero) is 1. The molecule has 7 heteroatoms. The van der Waals surface area contributed by atoms with E-state index in [9.17, 15) is 19.2 Å². The first-order valence-corrected chi connectivity index (χ1v) is 10.3. The highest BCUT2D eigenvalue weighted by molar-refractivity contribution is 6.22. The number of benzene rings is 2. The zero-order valence-corrected chi connectivity index (χ0v) is 17.2. The fourth-order valence-corrected chi connectivity index (χ4v) is 4.23. The van der Waals surface area contributed by atoms with Crippen LogP contribution in [0.1, 0.15) is 42.2 Å². The number of amides is 3. The highest BCUT2D eigenvalue weighted by atomic mass is 16.2. The van der Waals surface area contributed by atoms with Crippen LogP contribution < -0.4 is 4.90 Å². The SMILES string of the molecule is O=C(Cc1ccc2c(c1)N(C(=O)c1cccnc1)CC2)CN1C(=O)c2ccccc2C1=O. The molecule has 0 N–H and O–H groups in total. The van der Waals surface area contributed by atoms with Crippen LogP contribution in [0.2, 0.25) is 0 Å². The molecule has 2 aliphatic rings. The molecule has 0 aliphatic carbocycles. The third kappa shape index (κ3) is 3.37. The number of hydrogen-bond donors (Lipinski definition) is 0.